The van der Waals surface area contributed by atoms with Crippen molar-refractivity contribution in [3.05, 3.63) is 0 Å². The van der Waals surface area contributed by atoms with Crippen molar-refractivity contribution in [2.24, 2.45) is 5.92 Å². The van der Waals surface area contributed by atoms with Gasteiger partial charge in [0.1, 0.15) is 0 Å². The smallest absolute Gasteiger partial charge is 0.0362 e. The lowest BCUT2D eigenvalue weighted by molar-refractivity contribution is 0.0739. The van der Waals surface area contributed by atoms with Gasteiger partial charge in [-0.25, -0.2) is 0 Å². The lowest BCUT2D eigenvalue weighted by Crippen LogP contribution is -2.58. The minimum Gasteiger partial charge on any atom is -0.315 e. The molecule has 0 aromatic carbocycles. The van der Waals surface area contributed by atoms with E-state index in [1.165, 1.54) is 64.5 Å². The van der Waals surface area contributed by atoms with Crippen molar-refractivity contribution in [3.8, 4) is 0 Å². The number of likely N-dealkylation sites (N-methyl/N-ethyl adjacent to an activating group) is 1. The second-order valence-corrected chi connectivity index (χ2v) is 6.82. The number of rotatable bonds is 6. The monoisotopic (exact) mass is 252 g/mol. The highest BCUT2D eigenvalue weighted by Gasteiger charge is 2.45. The summed E-state index contributed by atoms with van der Waals surface area (Å²) in [6.07, 6.45) is 11.3. The SMILES string of the molecule is CNC(CCC(C)C)C1(N2CCCC2)CCCC1. The van der Waals surface area contributed by atoms with E-state index in [9.17, 15) is 0 Å². The summed E-state index contributed by atoms with van der Waals surface area (Å²) in [5.41, 5.74) is 0.500. The first-order valence-corrected chi connectivity index (χ1v) is 8.11. The van der Waals surface area contributed by atoms with Crippen LogP contribution >= 0.6 is 0 Å². The largest absolute Gasteiger partial charge is 0.315 e. The Balaban J connectivity index is 2.06. The summed E-state index contributed by atoms with van der Waals surface area (Å²) in [7, 11) is 2.18. The predicted octanol–water partition coefficient (Wildman–Crippen LogP) is 3.42. The lowest BCUT2D eigenvalue weighted by atomic mass is 9.82. The number of nitrogens with zero attached hydrogens (tertiary/aromatic N) is 1. The third-order valence-electron chi connectivity index (χ3n) is 5.24. The summed E-state index contributed by atoms with van der Waals surface area (Å²) in [6, 6.07) is 0.709. The quantitative estimate of drug-likeness (QED) is 0.779. The van der Waals surface area contributed by atoms with Gasteiger partial charge in [-0.05, 0) is 64.6 Å². The summed E-state index contributed by atoms with van der Waals surface area (Å²) in [6.45, 7) is 7.40. The topological polar surface area (TPSA) is 15.3 Å². The fourth-order valence-corrected chi connectivity index (χ4v) is 4.22. The third-order valence-corrected chi connectivity index (χ3v) is 5.24. The Morgan fingerprint density at radius 3 is 2.11 bits per heavy atom. The fraction of sp³-hybridized carbons (Fsp3) is 1.00. The number of likely N-dealkylation sites (tertiary alicyclic amines) is 1. The highest BCUT2D eigenvalue weighted by atomic mass is 15.2. The minimum atomic E-state index is 0.500. The molecule has 2 rings (SSSR count). The van der Waals surface area contributed by atoms with E-state index in [-0.39, 0.29) is 0 Å². The molecule has 0 spiro atoms. The number of hydrogen-bond acceptors (Lipinski definition) is 2. The van der Waals surface area contributed by atoms with E-state index in [0.29, 0.717) is 11.6 Å². The first-order valence-electron chi connectivity index (χ1n) is 8.11. The van der Waals surface area contributed by atoms with Crippen LogP contribution in [-0.2, 0) is 0 Å². The maximum atomic E-state index is 3.68. The van der Waals surface area contributed by atoms with Crippen LogP contribution in [-0.4, -0.2) is 36.6 Å². The third kappa shape index (κ3) is 2.91. The molecule has 1 aliphatic carbocycles. The average Bonchev–Trinajstić information content (AvgIpc) is 3.00. The molecule has 2 aliphatic rings. The minimum absolute atomic E-state index is 0.500. The Morgan fingerprint density at radius 2 is 1.61 bits per heavy atom. The van der Waals surface area contributed by atoms with Crippen LogP contribution in [0.3, 0.4) is 0 Å². The molecule has 18 heavy (non-hydrogen) atoms. The van der Waals surface area contributed by atoms with Gasteiger partial charge in [0.15, 0.2) is 0 Å². The van der Waals surface area contributed by atoms with Crippen LogP contribution in [0.5, 0.6) is 0 Å². The summed E-state index contributed by atoms with van der Waals surface area (Å²) < 4.78 is 0. The Hall–Kier alpha value is -0.0800. The molecule has 1 heterocycles. The molecule has 0 radical (unpaired) electrons. The first kappa shape index (κ1) is 14.3. The molecule has 1 aliphatic heterocycles. The maximum Gasteiger partial charge on any atom is 0.0362 e. The van der Waals surface area contributed by atoms with E-state index in [1.54, 1.807) is 0 Å². The van der Waals surface area contributed by atoms with Crippen molar-refractivity contribution in [1.82, 2.24) is 10.2 Å². The zero-order valence-corrected chi connectivity index (χ0v) is 12.7. The van der Waals surface area contributed by atoms with Crippen molar-refractivity contribution in [2.45, 2.75) is 76.8 Å². The molecule has 2 fully saturated rings. The van der Waals surface area contributed by atoms with Gasteiger partial charge in [-0.15, -0.1) is 0 Å². The van der Waals surface area contributed by atoms with Gasteiger partial charge in [-0.3, -0.25) is 4.90 Å². The van der Waals surface area contributed by atoms with E-state index in [0.717, 1.165) is 5.92 Å². The van der Waals surface area contributed by atoms with Crippen LogP contribution < -0.4 is 5.32 Å². The second-order valence-electron chi connectivity index (χ2n) is 6.82. The maximum absolute atomic E-state index is 3.68. The Morgan fingerprint density at radius 1 is 1.00 bits per heavy atom. The molecule has 1 unspecified atom stereocenters. The highest BCUT2D eigenvalue weighted by molar-refractivity contribution is 5.04. The molecule has 1 saturated heterocycles. The molecule has 0 bridgehead atoms. The molecule has 2 nitrogen and oxygen atoms in total. The molecular formula is C16H32N2. The van der Waals surface area contributed by atoms with Gasteiger partial charge in [0.2, 0.25) is 0 Å². The summed E-state index contributed by atoms with van der Waals surface area (Å²) in [4.78, 5) is 2.83. The van der Waals surface area contributed by atoms with Crippen LogP contribution in [0.4, 0.5) is 0 Å². The molecule has 0 amide bonds. The van der Waals surface area contributed by atoms with Crippen LogP contribution in [0.1, 0.15) is 65.2 Å². The molecule has 1 atom stereocenters. The fourth-order valence-electron chi connectivity index (χ4n) is 4.22. The van der Waals surface area contributed by atoms with Crippen LogP contribution in [0.25, 0.3) is 0 Å². The van der Waals surface area contributed by atoms with Crippen molar-refractivity contribution in [1.29, 1.82) is 0 Å². The van der Waals surface area contributed by atoms with Gasteiger partial charge >= 0.3 is 0 Å². The van der Waals surface area contributed by atoms with E-state index in [4.69, 9.17) is 0 Å². The van der Waals surface area contributed by atoms with Gasteiger partial charge in [0, 0.05) is 11.6 Å². The highest BCUT2D eigenvalue weighted by Crippen LogP contribution is 2.41. The molecular weight excluding hydrogens is 220 g/mol. The van der Waals surface area contributed by atoms with Gasteiger partial charge in [0.25, 0.3) is 0 Å². The van der Waals surface area contributed by atoms with E-state index in [1.807, 2.05) is 0 Å². The molecule has 0 aromatic rings. The molecule has 0 aromatic heterocycles. The summed E-state index contributed by atoms with van der Waals surface area (Å²) in [5, 5.41) is 3.68. The van der Waals surface area contributed by atoms with Gasteiger partial charge in [-0.2, -0.15) is 0 Å². The van der Waals surface area contributed by atoms with Gasteiger partial charge in [-0.1, -0.05) is 26.7 Å². The zero-order valence-electron chi connectivity index (χ0n) is 12.7. The molecule has 2 heteroatoms. The first-order chi connectivity index (χ1) is 8.69. The van der Waals surface area contributed by atoms with E-state index in [2.05, 4.69) is 31.1 Å². The van der Waals surface area contributed by atoms with Crippen molar-refractivity contribution >= 4 is 0 Å². The predicted molar refractivity (Wildman–Crippen MR) is 78.9 cm³/mol. The van der Waals surface area contributed by atoms with Gasteiger partial charge in [0.05, 0.1) is 0 Å². The van der Waals surface area contributed by atoms with Crippen molar-refractivity contribution in [3.63, 3.8) is 0 Å². The van der Waals surface area contributed by atoms with Crippen LogP contribution in [0.15, 0.2) is 0 Å². The Bertz CT molecular complexity index is 237. The molecule has 1 N–H and O–H groups in total. The van der Waals surface area contributed by atoms with E-state index < -0.39 is 0 Å². The Labute approximate surface area is 114 Å². The standard InChI is InChI=1S/C16H32N2/c1-14(2)8-9-15(17-3)16(10-4-5-11-16)18-12-6-7-13-18/h14-15,17H,4-13H2,1-3H3. The molecule has 106 valence electrons. The normalized spacial score (nSPS) is 26.0. The lowest BCUT2D eigenvalue weighted by Gasteiger charge is -2.45. The van der Waals surface area contributed by atoms with Crippen LogP contribution in [0, 0.1) is 5.92 Å². The van der Waals surface area contributed by atoms with Gasteiger partial charge < -0.3 is 5.32 Å². The average molecular weight is 252 g/mol. The van der Waals surface area contributed by atoms with Crippen molar-refractivity contribution < 1.29 is 0 Å². The van der Waals surface area contributed by atoms with Crippen molar-refractivity contribution in [2.75, 3.05) is 20.1 Å². The molecule has 1 saturated carbocycles. The number of nitrogens with one attached hydrogen (secondary N) is 1. The number of hydrogen-bond donors (Lipinski definition) is 1. The second kappa shape index (κ2) is 6.38. The summed E-state index contributed by atoms with van der Waals surface area (Å²) in [5.74, 6) is 0.831. The zero-order chi connectivity index (χ0) is 13.0. The van der Waals surface area contributed by atoms with E-state index >= 15 is 0 Å². The Kier molecular flexibility index (Phi) is 5.08. The summed E-state index contributed by atoms with van der Waals surface area (Å²) >= 11 is 0. The van der Waals surface area contributed by atoms with Crippen LogP contribution in [0.2, 0.25) is 0 Å².